The van der Waals surface area contributed by atoms with Crippen LogP contribution in [0.5, 0.6) is 0 Å². The Morgan fingerprint density at radius 2 is 1.87 bits per heavy atom. The standard InChI is InChI=1S/C12H23NO2/c14-8-11-9-15-12(7-13-11)10-5-3-1-2-4-6-10/h10-14H,1-9H2. The van der Waals surface area contributed by atoms with Crippen LogP contribution in [-0.2, 0) is 4.74 Å². The summed E-state index contributed by atoms with van der Waals surface area (Å²) in [4.78, 5) is 0. The van der Waals surface area contributed by atoms with E-state index in [1.54, 1.807) is 0 Å². The second-order valence-corrected chi connectivity index (χ2v) is 4.91. The van der Waals surface area contributed by atoms with Gasteiger partial charge in [0.2, 0.25) is 0 Å². The van der Waals surface area contributed by atoms with Crippen molar-refractivity contribution < 1.29 is 9.84 Å². The number of ether oxygens (including phenoxy) is 1. The van der Waals surface area contributed by atoms with Gasteiger partial charge in [-0.25, -0.2) is 0 Å². The lowest BCUT2D eigenvalue weighted by atomic mass is 9.93. The van der Waals surface area contributed by atoms with E-state index in [1.807, 2.05) is 0 Å². The van der Waals surface area contributed by atoms with Crippen molar-refractivity contribution >= 4 is 0 Å². The smallest absolute Gasteiger partial charge is 0.0728 e. The Labute approximate surface area is 92.2 Å². The molecule has 2 fully saturated rings. The number of rotatable bonds is 2. The van der Waals surface area contributed by atoms with Crippen LogP contribution in [0.3, 0.4) is 0 Å². The normalized spacial score (nSPS) is 35.0. The fourth-order valence-corrected chi connectivity index (χ4v) is 2.74. The van der Waals surface area contributed by atoms with Gasteiger partial charge < -0.3 is 15.2 Å². The Morgan fingerprint density at radius 1 is 1.13 bits per heavy atom. The largest absolute Gasteiger partial charge is 0.395 e. The number of aliphatic hydroxyl groups excluding tert-OH is 1. The average Bonchev–Trinajstić information content (AvgIpc) is 2.58. The Kier molecular flexibility index (Phi) is 4.42. The highest BCUT2D eigenvalue weighted by atomic mass is 16.5. The van der Waals surface area contributed by atoms with Crippen molar-refractivity contribution in [3.05, 3.63) is 0 Å². The molecule has 0 amide bonds. The molecule has 0 aromatic heterocycles. The van der Waals surface area contributed by atoms with Gasteiger partial charge >= 0.3 is 0 Å². The molecule has 2 atom stereocenters. The molecule has 0 bridgehead atoms. The van der Waals surface area contributed by atoms with Gasteiger partial charge in [-0.05, 0) is 18.8 Å². The fraction of sp³-hybridized carbons (Fsp3) is 1.00. The van der Waals surface area contributed by atoms with E-state index in [0.29, 0.717) is 12.7 Å². The van der Waals surface area contributed by atoms with Crippen LogP contribution in [0.25, 0.3) is 0 Å². The van der Waals surface area contributed by atoms with Crippen molar-refractivity contribution in [1.82, 2.24) is 5.32 Å². The van der Waals surface area contributed by atoms with Crippen molar-refractivity contribution in [2.45, 2.75) is 50.7 Å². The maximum Gasteiger partial charge on any atom is 0.0728 e. The van der Waals surface area contributed by atoms with Crippen LogP contribution in [-0.4, -0.2) is 37.0 Å². The molecule has 2 N–H and O–H groups in total. The van der Waals surface area contributed by atoms with E-state index in [4.69, 9.17) is 9.84 Å². The van der Waals surface area contributed by atoms with Crippen LogP contribution in [0, 0.1) is 5.92 Å². The third-order valence-electron chi connectivity index (χ3n) is 3.77. The summed E-state index contributed by atoms with van der Waals surface area (Å²) in [6.45, 7) is 1.80. The van der Waals surface area contributed by atoms with Crippen molar-refractivity contribution in [3.63, 3.8) is 0 Å². The summed E-state index contributed by atoms with van der Waals surface area (Å²) in [7, 11) is 0. The lowest BCUT2D eigenvalue weighted by molar-refractivity contribution is -0.0414. The molecule has 3 nitrogen and oxygen atoms in total. The van der Waals surface area contributed by atoms with E-state index in [9.17, 15) is 0 Å². The molecule has 0 radical (unpaired) electrons. The minimum absolute atomic E-state index is 0.159. The quantitative estimate of drug-likeness (QED) is 0.680. The number of aliphatic hydroxyl groups is 1. The van der Waals surface area contributed by atoms with E-state index in [1.165, 1.54) is 38.5 Å². The van der Waals surface area contributed by atoms with Crippen LogP contribution in [0.2, 0.25) is 0 Å². The van der Waals surface area contributed by atoms with Crippen LogP contribution < -0.4 is 5.32 Å². The van der Waals surface area contributed by atoms with E-state index in [0.717, 1.165) is 12.5 Å². The third kappa shape index (κ3) is 3.16. The lowest BCUT2D eigenvalue weighted by Crippen LogP contribution is -2.50. The number of morpholine rings is 1. The highest BCUT2D eigenvalue weighted by Gasteiger charge is 2.27. The Balaban J connectivity index is 1.78. The molecule has 3 heteroatoms. The molecule has 2 rings (SSSR count). The first-order valence-electron chi connectivity index (χ1n) is 6.36. The summed E-state index contributed by atoms with van der Waals surface area (Å²) in [5, 5.41) is 12.4. The number of hydrogen-bond acceptors (Lipinski definition) is 3. The van der Waals surface area contributed by atoms with Crippen molar-refractivity contribution in [1.29, 1.82) is 0 Å². The average molecular weight is 213 g/mol. The second kappa shape index (κ2) is 5.83. The highest BCUT2D eigenvalue weighted by Crippen LogP contribution is 2.27. The number of hydrogen-bond donors (Lipinski definition) is 2. The van der Waals surface area contributed by atoms with Crippen molar-refractivity contribution in [2.75, 3.05) is 19.8 Å². The van der Waals surface area contributed by atoms with Gasteiger partial charge in [0, 0.05) is 6.54 Å². The van der Waals surface area contributed by atoms with Crippen LogP contribution in [0.15, 0.2) is 0 Å². The van der Waals surface area contributed by atoms with E-state index in [2.05, 4.69) is 5.32 Å². The third-order valence-corrected chi connectivity index (χ3v) is 3.77. The first kappa shape index (κ1) is 11.4. The zero-order valence-electron chi connectivity index (χ0n) is 9.45. The lowest BCUT2D eigenvalue weighted by Gasteiger charge is -2.34. The maximum atomic E-state index is 8.99. The maximum absolute atomic E-state index is 8.99. The minimum atomic E-state index is 0.159. The van der Waals surface area contributed by atoms with Crippen LogP contribution in [0.1, 0.15) is 38.5 Å². The van der Waals surface area contributed by atoms with Crippen LogP contribution >= 0.6 is 0 Å². The molecule has 0 spiro atoms. The van der Waals surface area contributed by atoms with Gasteiger partial charge in [0.25, 0.3) is 0 Å². The molecule has 15 heavy (non-hydrogen) atoms. The first-order valence-corrected chi connectivity index (χ1v) is 6.36. The summed E-state index contributed by atoms with van der Waals surface area (Å²) in [5.41, 5.74) is 0. The zero-order valence-corrected chi connectivity index (χ0v) is 9.45. The minimum Gasteiger partial charge on any atom is -0.395 e. The molecule has 1 aliphatic carbocycles. The molecule has 2 unspecified atom stereocenters. The van der Waals surface area contributed by atoms with Crippen molar-refractivity contribution in [3.8, 4) is 0 Å². The Bertz CT molecular complexity index is 170. The van der Waals surface area contributed by atoms with E-state index < -0.39 is 0 Å². The van der Waals surface area contributed by atoms with Gasteiger partial charge in [0.05, 0.1) is 25.4 Å². The monoisotopic (exact) mass is 213 g/mol. The summed E-state index contributed by atoms with van der Waals surface area (Å²) >= 11 is 0. The van der Waals surface area contributed by atoms with Gasteiger partial charge in [-0.2, -0.15) is 0 Å². The molecule has 1 saturated carbocycles. The first-order chi connectivity index (χ1) is 7.40. The van der Waals surface area contributed by atoms with Gasteiger partial charge in [-0.3, -0.25) is 0 Å². The fourth-order valence-electron chi connectivity index (χ4n) is 2.74. The molecule has 2 aliphatic rings. The highest BCUT2D eigenvalue weighted by molar-refractivity contribution is 4.81. The summed E-state index contributed by atoms with van der Waals surface area (Å²) < 4.78 is 5.85. The van der Waals surface area contributed by atoms with Gasteiger partial charge in [-0.1, -0.05) is 25.7 Å². The molecular formula is C12H23NO2. The zero-order chi connectivity index (χ0) is 10.5. The summed E-state index contributed by atoms with van der Waals surface area (Å²) in [5.74, 6) is 0.750. The Hall–Kier alpha value is -0.120. The summed E-state index contributed by atoms with van der Waals surface area (Å²) in [6, 6.07) is 0.159. The molecule has 1 heterocycles. The van der Waals surface area contributed by atoms with E-state index in [-0.39, 0.29) is 12.6 Å². The molecule has 1 aliphatic heterocycles. The SMILES string of the molecule is OCC1COC(C2CCCCCC2)CN1. The van der Waals surface area contributed by atoms with Gasteiger partial charge in [0.15, 0.2) is 0 Å². The van der Waals surface area contributed by atoms with Gasteiger partial charge in [-0.15, -0.1) is 0 Å². The predicted molar refractivity (Wildman–Crippen MR) is 59.8 cm³/mol. The molecule has 0 aromatic carbocycles. The van der Waals surface area contributed by atoms with E-state index >= 15 is 0 Å². The Morgan fingerprint density at radius 3 is 2.40 bits per heavy atom. The van der Waals surface area contributed by atoms with Crippen molar-refractivity contribution in [2.24, 2.45) is 5.92 Å². The van der Waals surface area contributed by atoms with Crippen LogP contribution in [0.4, 0.5) is 0 Å². The molecular weight excluding hydrogens is 190 g/mol. The van der Waals surface area contributed by atoms with Gasteiger partial charge in [0.1, 0.15) is 0 Å². The number of nitrogens with one attached hydrogen (secondary N) is 1. The second-order valence-electron chi connectivity index (χ2n) is 4.91. The summed E-state index contributed by atoms with van der Waals surface area (Å²) in [6.07, 6.45) is 8.59. The molecule has 1 saturated heterocycles. The molecule has 88 valence electrons. The predicted octanol–water partition coefficient (Wildman–Crippen LogP) is 1.31. The topological polar surface area (TPSA) is 41.5 Å². The molecule has 0 aromatic rings.